The average molecular weight is 381 g/mol. The van der Waals surface area contributed by atoms with Gasteiger partial charge in [-0.1, -0.05) is 50.3 Å². The zero-order chi connectivity index (χ0) is 19.0. The molecular formula is C25H36N2O. The summed E-state index contributed by atoms with van der Waals surface area (Å²) < 4.78 is 0. The van der Waals surface area contributed by atoms with Gasteiger partial charge in [-0.2, -0.15) is 0 Å². The lowest BCUT2D eigenvalue weighted by Crippen LogP contribution is -2.57. The molecule has 152 valence electrons. The zero-order valence-electron chi connectivity index (χ0n) is 17.4. The number of fused-ring (bicyclic) bond motifs is 1. The van der Waals surface area contributed by atoms with Crippen molar-refractivity contribution in [2.45, 2.75) is 83.1 Å². The summed E-state index contributed by atoms with van der Waals surface area (Å²) in [5.74, 6) is 0.681. The Labute approximate surface area is 170 Å². The lowest BCUT2D eigenvalue weighted by Gasteiger charge is -2.51. The average Bonchev–Trinajstić information content (AvgIpc) is 3.28. The van der Waals surface area contributed by atoms with E-state index in [4.69, 9.17) is 0 Å². The van der Waals surface area contributed by atoms with Crippen molar-refractivity contribution in [3.8, 4) is 0 Å². The molecule has 1 aromatic rings. The van der Waals surface area contributed by atoms with Crippen LogP contribution in [-0.4, -0.2) is 36.5 Å². The first-order valence-corrected chi connectivity index (χ1v) is 11.9. The number of carbonyl (C=O) groups is 1. The van der Waals surface area contributed by atoms with E-state index in [9.17, 15) is 4.79 Å². The highest BCUT2D eigenvalue weighted by Gasteiger charge is 2.44. The second kappa shape index (κ2) is 7.82. The van der Waals surface area contributed by atoms with Crippen molar-refractivity contribution in [2.75, 3.05) is 24.5 Å². The molecular weight excluding hydrogens is 344 g/mol. The highest BCUT2D eigenvalue weighted by molar-refractivity contribution is 5.96. The molecule has 3 heteroatoms. The molecule has 1 saturated heterocycles. The number of para-hydroxylation sites is 1. The van der Waals surface area contributed by atoms with E-state index in [0.717, 1.165) is 31.8 Å². The molecule has 0 aromatic heterocycles. The van der Waals surface area contributed by atoms with Gasteiger partial charge < -0.3 is 4.90 Å². The van der Waals surface area contributed by atoms with Crippen LogP contribution in [0.2, 0.25) is 0 Å². The smallest absolute Gasteiger partial charge is 0.230 e. The summed E-state index contributed by atoms with van der Waals surface area (Å²) in [5, 5.41) is 0. The van der Waals surface area contributed by atoms with E-state index >= 15 is 0 Å². The summed E-state index contributed by atoms with van der Waals surface area (Å²) in [6, 6.07) is 9.54. The highest BCUT2D eigenvalue weighted by Crippen LogP contribution is 2.44. The first-order chi connectivity index (χ1) is 13.7. The fourth-order valence-electron chi connectivity index (χ4n) is 6.67. The van der Waals surface area contributed by atoms with E-state index in [2.05, 4.69) is 34.1 Å². The molecule has 4 aliphatic rings. The van der Waals surface area contributed by atoms with Gasteiger partial charge in [-0.05, 0) is 63.1 Å². The predicted octanol–water partition coefficient (Wildman–Crippen LogP) is 5.18. The maximum Gasteiger partial charge on any atom is 0.230 e. The number of piperidine rings is 1. The third kappa shape index (κ3) is 3.51. The van der Waals surface area contributed by atoms with Crippen LogP contribution in [-0.2, 0) is 11.2 Å². The standard InChI is InChI=1S/C25H36N2O/c28-24(20-9-4-5-10-20)27-19-25(17-21-11-6-7-14-23(21)27)15-8-16-26(18-25)22-12-2-1-3-13-22/h6-7,11,14,20,22H,1-5,8-10,12-13,15-19H2. The Morgan fingerprint density at radius 2 is 1.64 bits per heavy atom. The van der Waals surface area contributed by atoms with E-state index in [-0.39, 0.29) is 11.3 Å². The second-order valence-corrected chi connectivity index (χ2v) is 10.1. The second-order valence-electron chi connectivity index (χ2n) is 10.1. The van der Waals surface area contributed by atoms with Gasteiger partial charge in [0.25, 0.3) is 0 Å². The Bertz CT molecular complexity index is 704. The third-order valence-electron chi connectivity index (χ3n) is 8.09. The van der Waals surface area contributed by atoms with Crippen molar-refractivity contribution in [1.29, 1.82) is 0 Å². The molecule has 0 bridgehead atoms. The van der Waals surface area contributed by atoms with Crippen molar-refractivity contribution in [2.24, 2.45) is 11.3 Å². The summed E-state index contributed by atoms with van der Waals surface area (Å²) in [6.07, 6.45) is 15.4. The summed E-state index contributed by atoms with van der Waals surface area (Å²) in [4.78, 5) is 18.5. The number of carbonyl (C=O) groups excluding carboxylic acids is 1. The van der Waals surface area contributed by atoms with E-state index in [1.165, 1.54) is 82.1 Å². The molecule has 3 nitrogen and oxygen atoms in total. The van der Waals surface area contributed by atoms with Crippen molar-refractivity contribution < 1.29 is 4.79 Å². The van der Waals surface area contributed by atoms with Crippen LogP contribution in [0.3, 0.4) is 0 Å². The molecule has 1 aromatic carbocycles. The Hall–Kier alpha value is -1.35. The lowest BCUT2D eigenvalue weighted by atomic mass is 9.71. The molecule has 2 aliphatic carbocycles. The molecule has 28 heavy (non-hydrogen) atoms. The molecule has 1 atom stereocenters. The molecule has 5 rings (SSSR count). The SMILES string of the molecule is O=C(C1CCCC1)N1CC2(CCCN(C3CCCCC3)C2)Cc2ccccc21. The molecule has 1 unspecified atom stereocenters. The van der Waals surface area contributed by atoms with Gasteiger partial charge in [-0.25, -0.2) is 0 Å². The van der Waals surface area contributed by atoms with E-state index < -0.39 is 0 Å². The predicted molar refractivity (Wildman–Crippen MR) is 115 cm³/mol. The van der Waals surface area contributed by atoms with Gasteiger partial charge in [-0.15, -0.1) is 0 Å². The number of hydrogen-bond donors (Lipinski definition) is 0. The fourth-order valence-corrected chi connectivity index (χ4v) is 6.67. The van der Waals surface area contributed by atoms with Gasteiger partial charge in [0, 0.05) is 36.2 Å². The maximum absolute atomic E-state index is 13.5. The fraction of sp³-hybridized carbons (Fsp3) is 0.720. The van der Waals surface area contributed by atoms with Crippen LogP contribution < -0.4 is 4.90 Å². The number of benzene rings is 1. The maximum atomic E-state index is 13.5. The molecule has 2 saturated carbocycles. The van der Waals surface area contributed by atoms with Crippen LogP contribution in [0, 0.1) is 11.3 Å². The van der Waals surface area contributed by atoms with Gasteiger partial charge in [0.2, 0.25) is 5.91 Å². The minimum Gasteiger partial charge on any atom is -0.311 e. The Morgan fingerprint density at radius 3 is 2.46 bits per heavy atom. The molecule has 2 aliphatic heterocycles. The highest BCUT2D eigenvalue weighted by atomic mass is 16.2. The summed E-state index contributed by atoms with van der Waals surface area (Å²) >= 11 is 0. The number of anilines is 1. The monoisotopic (exact) mass is 380 g/mol. The van der Waals surface area contributed by atoms with Crippen LogP contribution in [0.15, 0.2) is 24.3 Å². The molecule has 0 N–H and O–H groups in total. The van der Waals surface area contributed by atoms with Crippen molar-refractivity contribution in [3.63, 3.8) is 0 Å². The summed E-state index contributed by atoms with van der Waals surface area (Å²) in [6.45, 7) is 3.41. The first-order valence-electron chi connectivity index (χ1n) is 11.9. The third-order valence-corrected chi connectivity index (χ3v) is 8.09. The molecule has 1 spiro atoms. The van der Waals surface area contributed by atoms with Crippen LogP contribution in [0.4, 0.5) is 5.69 Å². The van der Waals surface area contributed by atoms with Crippen LogP contribution in [0.25, 0.3) is 0 Å². The number of nitrogens with zero attached hydrogens (tertiary/aromatic N) is 2. The van der Waals surface area contributed by atoms with Crippen LogP contribution >= 0.6 is 0 Å². The lowest BCUT2D eigenvalue weighted by molar-refractivity contribution is -0.123. The van der Waals surface area contributed by atoms with Crippen molar-refractivity contribution in [3.05, 3.63) is 29.8 Å². The molecule has 2 heterocycles. The van der Waals surface area contributed by atoms with E-state index in [1.54, 1.807) is 0 Å². The quantitative estimate of drug-likeness (QED) is 0.706. The number of likely N-dealkylation sites (tertiary alicyclic amines) is 1. The van der Waals surface area contributed by atoms with Gasteiger partial charge in [0.15, 0.2) is 0 Å². The van der Waals surface area contributed by atoms with E-state index in [0.29, 0.717) is 5.91 Å². The first kappa shape index (κ1) is 18.7. The molecule has 0 radical (unpaired) electrons. The zero-order valence-corrected chi connectivity index (χ0v) is 17.4. The topological polar surface area (TPSA) is 23.6 Å². The van der Waals surface area contributed by atoms with E-state index in [1.807, 2.05) is 0 Å². The molecule has 1 amide bonds. The minimum absolute atomic E-state index is 0.262. The minimum atomic E-state index is 0.262. The normalized spacial score (nSPS) is 29.9. The summed E-state index contributed by atoms with van der Waals surface area (Å²) in [5.41, 5.74) is 2.88. The number of amides is 1. The largest absolute Gasteiger partial charge is 0.311 e. The number of hydrogen-bond acceptors (Lipinski definition) is 2. The van der Waals surface area contributed by atoms with Crippen LogP contribution in [0.1, 0.15) is 76.2 Å². The Kier molecular flexibility index (Phi) is 5.21. The Balaban J connectivity index is 1.41. The number of rotatable bonds is 2. The van der Waals surface area contributed by atoms with Crippen molar-refractivity contribution in [1.82, 2.24) is 4.90 Å². The van der Waals surface area contributed by atoms with Crippen LogP contribution in [0.5, 0.6) is 0 Å². The summed E-state index contributed by atoms with van der Waals surface area (Å²) in [7, 11) is 0. The van der Waals surface area contributed by atoms with Gasteiger partial charge >= 0.3 is 0 Å². The van der Waals surface area contributed by atoms with Crippen molar-refractivity contribution >= 4 is 11.6 Å². The molecule has 3 fully saturated rings. The Morgan fingerprint density at radius 1 is 0.893 bits per heavy atom. The van der Waals surface area contributed by atoms with Gasteiger partial charge in [-0.3, -0.25) is 9.69 Å². The van der Waals surface area contributed by atoms with Gasteiger partial charge in [0.05, 0.1) is 0 Å². The van der Waals surface area contributed by atoms with Gasteiger partial charge in [0.1, 0.15) is 0 Å².